The molecule has 112 valence electrons. The van der Waals surface area contributed by atoms with Crippen LogP contribution in [0.4, 0.5) is 10.1 Å². The molecule has 0 heterocycles. The van der Waals surface area contributed by atoms with Gasteiger partial charge in [0.2, 0.25) is 0 Å². The van der Waals surface area contributed by atoms with Crippen LogP contribution in [0.3, 0.4) is 0 Å². The number of rotatable bonds is 8. The van der Waals surface area contributed by atoms with E-state index >= 15 is 0 Å². The number of carboxylic acids is 1. The molecule has 0 aliphatic heterocycles. The van der Waals surface area contributed by atoms with Crippen molar-refractivity contribution >= 4 is 17.7 Å². The molecule has 6 heteroatoms. The van der Waals surface area contributed by atoms with E-state index in [2.05, 4.69) is 0 Å². The topological polar surface area (TPSA) is 73.6 Å². The Morgan fingerprint density at radius 2 is 2.29 bits per heavy atom. The minimum Gasteiger partial charge on any atom is -0.478 e. The normalized spacial score (nSPS) is 10.5. The molecule has 0 aromatic heterocycles. The summed E-state index contributed by atoms with van der Waals surface area (Å²) in [5, 5.41) is 17.4. The van der Waals surface area contributed by atoms with Gasteiger partial charge in [-0.1, -0.05) is 6.07 Å². The van der Waals surface area contributed by atoms with E-state index < -0.39 is 11.8 Å². The lowest BCUT2D eigenvalue weighted by Crippen LogP contribution is -2.29. The molecule has 0 radical (unpaired) electrons. The molecule has 21 heavy (non-hydrogen) atoms. The number of nitriles is 1. The SMILES string of the molecule is COCCN(CCC#N)c1cccc(F)c1/C=C/C(=O)O. The fourth-order valence-corrected chi connectivity index (χ4v) is 1.86. The van der Waals surface area contributed by atoms with Crippen LogP contribution in [0, 0.1) is 17.1 Å². The lowest BCUT2D eigenvalue weighted by atomic mass is 10.1. The van der Waals surface area contributed by atoms with Crippen molar-refractivity contribution in [2.24, 2.45) is 0 Å². The molecule has 0 atom stereocenters. The lowest BCUT2D eigenvalue weighted by molar-refractivity contribution is -0.131. The van der Waals surface area contributed by atoms with Crippen LogP contribution in [-0.2, 0) is 9.53 Å². The number of halogens is 1. The largest absolute Gasteiger partial charge is 0.478 e. The van der Waals surface area contributed by atoms with Crippen molar-refractivity contribution in [2.45, 2.75) is 6.42 Å². The summed E-state index contributed by atoms with van der Waals surface area (Å²) in [6, 6.07) is 6.55. The molecule has 0 unspecified atom stereocenters. The number of benzene rings is 1. The third kappa shape index (κ3) is 5.24. The van der Waals surface area contributed by atoms with Crippen LogP contribution in [0.25, 0.3) is 6.08 Å². The fraction of sp³-hybridized carbons (Fsp3) is 0.333. The first kappa shape index (κ1) is 16.7. The fourth-order valence-electron chi connectivity index (χ4n) is 1.86. The van der Waals surface area contributed by atoms with Crippen LogP contribution < -0.4 is 4.90 Å². The molecule has 0 fully saturated rings. The van der Waals surface area contributed by atoms with Crippen LogP contribution in [0.15, 0.2) is 24.3 Å². The molecule has 1 N–H and O–H groups in total. The average molecular weight is 292 g/mol. The van der Waals surface area contributed by atoms with Gasteiger partial charge in [0.15, 0.2) is 0 Å². The van der Waals surface area contributed by atoms with Crippen LogP contribution in [0.5, 0.6) is 0 Å². The molecule has 1 rings (SSSR count). The van der Waals surface area contributed by atoms with E-state index in [1.807, 2.05) is 6.07 Å². The van der Waals surface area contributed by atoms with Gasteiger partial charge in [0.1, 0.15) is 5.82 Å². The number of carboxylic acid groups (broad SMARTS) is 1. The molecule has 0 amide bonds. The van der Waals surface area contributed by atoms with E-state index in [4.69, 9.17) is 15.1 Å². The Hall–Kier alpha value is -2.39. The highest BCUT2D eigenvalue weighted by Gasteiger charge is 2.13. The summed E-state index contributed by atoms with van der Waals surface area (Å²) in [7, 11) is 1.55. The number of nitrogens with zero attached hydrogens (tertiary/aromatic N) is 2. The minimum atomic E-state index is -1.15. The first-order valence-corrected chi connectivity index (χ1v) is 6.40. The zero-order valence-corrected chi connectivity index (χ0v) is 11.8. The summed E-state index contributed by atoms with van der Waals surface area (Å²) < 4.78 is 18.9. The monoisotopic (exact) mass is 292 g/mol. The zero-order valence-electron chi connectivity index (χ0n) is 11.8. The summed E-state index contributed by atoms with van der Waals surface area (Å²) in [6.07, 6.45) is 2.39. The van der Waals surface area contributed by atoms with Gasteiger partial charge < -0.3 is 14.7 Å². The second-order valence-corrected chi connectivity index (χ2v) is 4.23. The Balaban J connectivity index is 3.13. The summed E-state index contributed by atoms with van der Waals surface area (Å²) in [4.78, 5) is 12.4. The highest BCUT2D eigenvalue weighted by atomic mass is 19.1. The predicted octanol–water partition coefficient (Wildman–Crippen LogP) is 2.29. The maximum absolute atomic E-state index is 13.9. The number of anilines is 1. The Morgan fingerprint density at radius 3 is 2.90 bits per heavy atom. The maximum atomic E-state index is 13.9. The molecule has 0 saturated carbocycles. The molecular weight excluding hydrogens is 275 g/mol. The van der Waals surface area contributed by atoms with Gasteiger partial charge in [-0.15, -0.1) is 0 Å². The van der Waals surface area contributed by atoms with Crippen molar-refractivity contribution in [1.82, 2.24) is 0 Å². The number of hydrogen-bond acceptors (Lipinski definition) is 4. The van der Waals surface area contributed by atoms with Gasteiger partial charge in [-0.2, -0.15) is 5.26 Å². The Labute approximate surface area is 122 Å². The van der Waals surface area contributed by atoms with E-state index in [0.29, 0.717) is 25.4 Å². The molecule has 0 spiro atoms. The van der Waals surface area contributed by atoms with E-state index in [9.17, 15) is 9.18 Å². The molecule has 5 nitrogen and oxygen atoms in total. The van der Waals surface area contributed by atoms with E-state index in [-0.39, 0.29) is 12.0 Å². The number of ether oxygens (including phenoxy) is 1. The van der Waals surface area contributed by atoms with Gasteiger partial charge in [-0.05, 0) is 18.2 Å². The predicted molar refractivity (Wildman–Crippen MR) is 77.4 cm³/mol. The Morgan fingerprint density at radius 1 is 1.52 bits per heavy atom. The summed E-state index contributed by atoms with van der Waals surface area (Å²) in [6.45, 7) is 1.32. The third-order valence-corrected chi connectivity index (χ3v) is 2.82. The first-order chi connectivity index (χ1) is 10.1. The first-order valence-electron chi connectivity index (χ1n) is 6.40. The van der Waals surface area contributed by atoms with Gasteiger partial charge in [-0.3, -0.25) is 0 Å². The molecule has 0 bridgehead atoms. The van der Waals surface area contributed by atoms with Gasteiger partial charge in [0, 0.05) is 37.5 Å². The van der Waals surface area contributed by atoms with Crippen molar-refractivity contribution in [3.63, 3.8) is 0 Å². The summed E-state index contributed by atoms with van der Waals surface area (Å²) >= 11 is 0. The van der Waals surface area contributed by atoms with Crippen molar-refractivity contribution < 1.29 is 19.0 Å². The second kappa shape index (κ2) is 8.72. The van der Waals surface area contributed by atoms with Gasteiger partial charge >= 0.3 is 5.97 Å². The molecule has 0 aliphatic carbocycles. The standard InChI is InChI=1S/C15H17FN2O3/c1-21-11-10-18(9-3-8-17)14-5-2-4-13(16)12(14)6-7-15(19)20/h2,4-7H,3,9-11H2,1H3,(H,19,20)/b7-6+. The lowest BCUT2D eigenvalue weighted by Gasteiger charge is -2.25. The average Bonchev–Trinajstić information content (AvgIpc) is 2.46. The van der Waals surface area contributed by atoms with E-state index in [0.717, 1.165) is 6.08 Å². The number of methoxy groups -OCH3 is 1. The molecule has 1 aromatic rings. The molecule has 0 aliphatic rings. The summed E-state index contributed by atoms with van der Waals surface area (Å²) in [5.41, 5.74) is 0.730. The highest BCUT2D eigenvalue weighted by Crippen LogP contribution is 2.25. The van der Waals surface area contributed by atoms with Gasteiger partial charge in [-0.25, -0.2) is 9.18 Å². The van der Waals surface area contributed by atoms with E-state index in [1.165, 1.54) is 12.1 Å². The Bertz CT molecular complexity index is 552. The highest BCUT2D eigenvalue weighted by molar-refractivity contribution is 5.87. The van der Waals surface area contributed by atoms with Crippen LogP contribution >= 0.6 is 0 Å². The van der Waals surface area contributed by atoms with Gasteiger partial charge in [0.25, 0.3) is 0 Å². The number of carbonyl (C=O) groups is 1. The maximum Gasteiger partial charge on any atom is 0.328 e. The second-order valence-electron chi connectivity index (χ2n) is 4.23. The van der Waals surface area contributed by atoms with Crippen molar-refractivity contribution in [1.29, 1.82) is 5.26 Å². The quantitative estimate of drug-likeness (QED) is 0.744. The Kier molecular flexibility index (Phi) is 6.92. The minimum absolute atomic E-state index is 0.189. The van der Waals surface area contributed by atoms with Crippen LogP contribution in [0.2, 0.25) is 0 Å². The van der Waals surface area contributed by atoms with Crippen molar-refractivity contribution in [2.75, 3.05) is 31.7 Å². The van der Waals surface area contributed by atoms with Gasteiger partial charge in [0.05, 0.1) is 19.1 Å². The van der Waals surface area contributed by atoms with E-state index in [1.54, 1.807) is 24.1 Å². The van der Waals surface area contributed by atoms with Crippen molar-refractivity contribution in [3.05, 3.63) is 35.7 Å². The zero-order chi connectivity index (χ0) is 15.7. The van der Waals surface area contributed by atoms with Crippen LogP contribution in [0.1, 0.15) is 12.0 Å². The van der Waals surface area contributed by atoms with Crippen LogP contribution in [-0.4, -0.2) is 37.9 Å². The smallest absolute Gasteiger partial charge is 0.328 e. The third-order valence-electron chi connectivity index (χ3n) is 2.82. The number of hydrogen-bond donors (Lipinski definition) is 1. The molecular formula is C15H17FN2O3. The van der Waals surface area contributed by atoms with Crippen molar-refractivity contribution in [3.8, 4) is 6.07 Å². The number of aliphatic carboxylic acids is 1. The molecule has 1 aromatic carbocycles. The summed E-state index contributed by atoms with van der Waals surface area (Å²) in [5.74, 6) is -1.66. The molecule has 0 saturated heterocycles.